The lowest BCUT2D eigenvalue weighted by Gasteiger charge is -2.32. The van der Waals surface area contributed by atoms with Crippen molar-refractivity contribution in [2.75, 3.05) is 26.2 Å². The van der Waals surface area contributed by atoms with Crippen molar-refractivity contribution < 1.29 is 9.59 Å². The van der Waals surface area contributed by atoms with Crippen molar-refractivity contribution in [3.63, 3.8) is 0 Å². The predicted molar refractivity (Wildman–Crippen MR) is 65.5 cm³/mol. The van der Waals surface area contributed by atoms with Crippen LogP contribution in [0.15, 0.2) is 0 Å². The van der Waals surface area contributed by atoms with Gasteiger partial charge in [-0.15, -0.1) is 0 Å². The van der Waals surface area contributed by atoms with E-state index >= 15 is 0 Å². The molecule has 4 N–H and O–H groups in total. The number of piperidine rings is 1. The summed E-state index contributed by atoms with van der Waals surface area (Å²) in [4.78, 5) is 24.3. The van der Waals surface area contributed by atoms with Gasteiger partial charge in [-0.3, -0.25) is 4.79 Å². The Morgan fingerprint density at radius 3 is 2.94 bits per heavy atom. The lowest BCUT2D eigenvalue weighted by atomic mass is 10.0. The van der Waals surface area contributed by atoms with Crippen LogP contribution in [0.2, 0.25) is 0 Å². The van der Waals surface area contributed by atoms with E-state index in [1.165, 1.54) is 0 Å². The van der Waals surface area contributed by atoms with Crippen LogP contribution >= 0.6 is 0 Å². The molecule has 0 bridgehead atoms. The van der Waals surface area contributed by atoms with Crippen LogP contribution in [0.25, 0.3) is 0 Å². The number of hydrogen-bond donors (Lipinski definition) is 3. The smallest absolute Gasteiger partial charge is 0.312 e. The normalized spacial score (nSPS) is 20.4. The molecule has 6 nitrogen and oxygen atoms in total. The number of carbonyl (C=O) groups is 2. The van der Waals surface area contributed by atoms with Gasteiger partial charge in [-0.1, -0.05) is 6.92 Å². The fraction of sp³-hybridized carbons (Fsp3) is 0.818. The fourth-order valence-electron chi connectivity index (χ4n) is 1.98. The summed E-state index contributed by atoms with van der Waals surface area (Å²) in [7, 11) is 0. The van der Waals surface area contributed by atoms with Gasteiger partial charge in [0, 0.05) is 19.6 Å². The summed E-state index contributed by atoms with van der Waals surface area (Å²) in [6.45, 7) is 4.66. The molecule has 3 amide bonds. The first-order valence-corrected chi connectivity index (χ1v) is 6.20. The summed E-state index contributed by atoms with van der Waals surface area (Å²) in [6, 6.07) is -0.604. The number of amides is 3. The molecule has 0 spiro atoms. The highest BCUT2D eigenvalue weighted by Crippen LogP contribution is 2.11. The van der Waals surface area contributed by atoms with Crippen molar-refractivity contribution in [3.8, 4) is 0 Å². The van der Waals surface area contributed by atoms with Crippen molar-refractivity contribution in [1.82, 2.24) is 15.5 Å². The predicted octanol–water partition coefficient (Wildman–Crippen LogP) is -0.355. The maximum Gasteiger partial charge on any atom is 0.312 e. The molecule has 1 aliphatic heterocycles. The number of nitrogens with zero attached hydrogens (tertiary/aromatic N) is 1. The zero-order chi connectivity index (χ0) is 12.7. The second-order valence-corrected chi connectivity index (χ2v) is 4.27. The third-order valence-corrected chi connectivity index (χ3v) is 2.85. The zero-order valence-corrected chi connectivity index (χ0v) is 10.4. The lowest BCUT2D eigenvalue weighted by molar-refractivity contribution is -0.135. The molecule has 1 atom stereocenters. The third-order valence-electron chi connectivity index (χ3n) is 2.85. The summed E-state index contributed by atoms with van der Waals surface area (Å²) >= 11 is 0. The Hall–Kier alpha value is -1.30. The summed E-state index contributed by atoms with van der Waals surface area (Å²) in [5, 5.41) is 5.74. The zero-order valence-electron chi connectivity index (χ0n) is 10.4. The van der Waals surface area contributed by atoms with E-state index in [2.05, 4.69) is 17.6 Å². The molecular formula is C11H22N4O2. The third kappa shape index (κ3) is 4.60. The second kappa shape index (κ2) is 7.11. The first kappa shape index (κ1) is 13.8. The van der Waals surface area contributed by atoms with Gasteiger partial charge in [-0.2, -0.15) is 0 Å². The quantitative estimate of drug-likeness (QED) is 0.594. The van der Waals surface area contributed by atoms with Crippen LogP contribution < -0.4 is 16.4 Å². The molecule has 1 saturated heterocycles. The molecule has 0 aromatic heterocycles. The van der Waals surface area contributed by atoms with Crippen molar-refractivity contribution in [1.29, 1.82) is 0 Å². The van der Waals surface area contributed by atoms with Crippen LogP contribution in [0.1, 0.15) is 26.2 Å². The number of hydrogen-bond acceptors (Lipinski definition) is 3. The molecule has 1 rings (SSSR count). The minimum Gasteiger partial charge on any atom is -0.352 e. The van der Waals surface area contributed by atoms with E-state index in [9.17, 15) is 9.59 Å². The summed E-state index contributed by atoms with van der Waals surface area (Å²) in [5.74, 6) is 0.135. The molecule has 0 aromatic rings. The number of nitrogens with one attached hydrogen (secondary N) is 2. The van der Waals surface area contributed by atoms with Crippen LogP contribution in [-0.2, 0) is 4.79 Å². The van der Waals surface area contributed by atoms with Crippen LogP contribution in [-0.4, -0.2) is 49.1 Å². The van der Waals surface area contributed by atoms with Gasteiger partial charge in [0.25, 0.3) is 0 Å². The van der Waals surface area contributed by atoms with Crippen molar-refractivity contribution in [2.45, 2.75) is 32.2 Å². The van der Waals surface area contributed by atoms with Crippen LogP contribution in [0.4, 0.5) is 4.79 Å². The highest BCUT2D eigenvalue weighted by Gasteiger charge is 2.27. The summed E-state index contributed by atoms with van der Waals surface area (Å²) in [5.41, 5.74) is 4.97. The maximum absolute atomic E-state index is 12.0. The average molecular weight is 242 g/mol. The van der Waals surface area contributed by atoms with Gasteiger partial charge in [0.15, 0.2) is 0 Å². The average Bonchev–Trinajstić information content (AvgIpc) is 2.29. The van der Waals surface area contributed by atoms with Gasteiger partial charge in [-0.05, 0) is 25.8 Å². The summed E-state index contributed by atoms with van der Waals surface area (Å²) in [6.07, 6.45) is 2.93. The van der Waals surface area contributed by atoms with E-state index in [1.54, 1.807) is 4.90 Å². The number of carbonyl (C=O) groups excluding carboxylic acids is 2. The Morgan fingerprint density at radius 2 is 2.29 bits per heavy atom. The molecule has 1 fully saturated rings. The van der Waals surface area contributed by atoms with Crippen LogP contribution in [0, 0.1) is 0 Å². The van der Waals surface area contributed by atoms with E-state index in [1.807, 2.05) is 0 Å². The highest BCUT2D eigenvalue weighted by atomic mass is 16.2. The molecule has 98 valence electrons. The number of nitrogens with two attached hydrogens (primary N) is 1. The largest absolute Gasteiger partial charge is 0.352 e. The van der Waals surface area contributed by atoms with Gasteiger partial charge in [0.05, 0.1) is 6.04 Å². The van der Waals surface area contributed by atoms with Crippen molar-refractivity contribution >= 4 is 11.9 Å². The molecule has 0 radical (unpaired) electrons. The van der Waals surface area contributed by atoms with E-state index < -0.39 is 6.03 Å². The number of likely N-dealkylation sites (tertiary alicyclic amines) is 1. The lowest BCUT2D eigenvalue weighted by Crippen LogP contribution is -2.52. The van der Waals surface area contributed by atoms with E-state index in [0.29, 0.717) is 13.1 Å². The maximum atomic E-state index is 12.0. The second-order valence-electron chi connectivity index (χ2n) is 4.27. The molecule has 0 aromatic carbocycles. The van der Waals surface area contributed by atoms with E-state index in [4.69, 9.17) is 5.73 Å². The van der Waals surface area contributed by atoms with Crippen LogP contribution in [0.3, 0.4) is 0 Å². The van der Waals surface area contributed by atoms with E-state index in [0.717, 1.165) is 32.4 Å². The van der Waals surface area contributed by atoms with Gasteiger partial charge < -0.3 is 21.3 Å². The topological polar surface area (TPSA) is 87.5 Å². The number of rotatable bonds is 6. The van der Waals surface area contributed by atoms with Crippen molar-refractivity contribution in [3.05, 3.63) is 0 Å². The molecule has 1 heterocycles. The summed E-state index contributed by atoms with van der Waals surface area (Å²) < 4.78 is 0. The molecule has 0 aliphatic carbocycles. The highest BCUT2D eigenvalue weighted by molar-refractivity contribution is 5.82. The SMILES string of the molecule is CCCNC1CCCN(CCNC(N)=O)C1=O. The Balaban J connectivity index is 2.33. The van der Waals surface area contributed by atoms with Crippen LogP contribution in [0.5, 0.6) is 0 Å². The fourth-order valence-corrected chi connectivity index (χ4v) is 1.98. The van der Waals surface area contributed by atoms with Gasteiger partial charge >= 0.3 is 6.03 Å². The molecule has 0 saturated carbocycles. The standard InChI is InChI=1S/C11H22N4O2/c1-2-5-13-9-4-3-7-15(10(9)16)8-6-14-11(12)17/h9,13H,2-8H2,1H3,(H3,12,14,17). The Kier molecular flexibility index (Phi) is 5.76. The Bertz CT molecular complexity index is 270. The Morgan fingerprint density at radius 1 is 1.53 bits per heavy atom. The first-order chi connectivity index (χ1) is 8.15. The molecule has 1 aliphatic rings. The number of primary amides is 1. The molecular weight excluding hydrogens is 220 g/mol. The minimum atomic E-state index is -0.546. The number of urea groups is 1. The minimum absolute atomic E-state index is 0.0581. The molecule has 17 heavy (non-hydrogen) atoms. The monoisotopic (exact) mass is 242 g/mol. The first-order valence-electron chi connectivity index (χ1n) is 6.20. The van der Waals surface area contributed by atoms with Gasteiger partial charge in [0.2, 0.25) is 5.91 Å². The van der Waals surface area contributed by atoms with Gasteiger partial charge in [-0.25, -0.2) is 4.79 Å². The molecule has 1 unspecified atom stereocenters. The van der Waals surface area contributed by atoms with E-state index in [-0.39, 0.29) is 11.9 Å². The van der Waals surface area contributed by atoms with Crippen molar-refractivity contribution in [2.24, 2.45) is 5.73 Å². The Labute approximate surface area is 102 Å². The molecule has 6 heteroatoms. The van der Waals surface area contributed by atoms with Gasteiger partial charge in [0.1, 0.15) is 0 Å².